The van der Waals surface area contributed by atoms with Crippen molar-refractivity contribution in [1.29, 1.82) is 0 Å². The fourth-order valence-electron chi connectivity index (χ4n) is 2.95. The Bertz CT molecular complexity index is 855. The van der Waals surface area contributed by atoms with Crippen molar-refractivity contribution in [3.63, 3.8) is 0 Å². The number of benzene rings is 1. The SMILES string of the molecule is COc1cnc(NC(=O)N2CC/C(=C\c3cccc(F)c3F)C(C)C2)cn1. The molecule has 1 aromatic carbocycles. The van der Waals surface area contributed by atoms with Crippen LogP contribution in [0.2, 0.25) is 0 Å². The molecule has 2 aromatic rings. The lowest BCUT2D eigenvalue weighted by atomic mass is 9.91. The van der Waals surface area contributed by atoms with Gasteiger partial charge in [0.05, 0.1) is 19.5 Å². The standard InChI is InChI=1S/C19H20F2N4O2/c1-12-11-25(19(26)24-16-9-23-17(27-2)10-22-16)7-6-13(12)8-14-4-3-5-15(20)18(14)21/h3-5,8-10,12H,6-7,11H2,1-2H3,(H,22,24,26)/b13-8+. The number of carbonyl (C=O) groups excluding carboxylic acids is 1. The third-order valence-corrected chi connectivity index (χ3v) is 4.48. The predicted octanol–water partition coefficient (Wildman–Crippen LogP) is 3.72. The van der Waals surface area contributed by atoms with Crippen LogP contribution in [0.1, 0.15) is 18.9 Å². The number of methoxy groups -OCH3 is 1. The Kier molecular flexibility index (Phi) is 5.63. The summed E-state index contributed by atoms with van der Waals surface area (Å²) in [7, 11) is 1.48. The van der Waals surface area contributed by atoms with Crippen LogP contribution >= 0.6 is 0 Å². The van der Waals surface area contributed by atoms with Gasteiger partial charge in [-0.25, -0.2) is 23.5 Å². The number of likely N-dealkylation sites (tertiary alicyclic amines) is 1. The highest BCUT2D eigenvalue weighted by Gasteiger charge is 2.25. The number of rotatable bonds is 3. The lowest BCUT2D eigenvalue weighted by molar-refractivity contribution is 0.197. The second kappa shape index (κ2) is 8.11. The number of hydrogen-bond acceptors (Lipinski definition) is 4. The number of ether oxygens (including phenoxy) is 1. The van der Waals surface area contributed by atoms with Gasteiger partial charge in [-0.2, -0.15) is 0 Å². The summed E-state index contributed by atoms with van der Waals surface area (Å²) in [6.45, 7) is 2.90. The van der Waals surface area contributed by atoms with Gasteiger partial charge in [-0.1, -0.05) is 30.7 Å². The Morgan fingerprint density at radius 2 is 2.15 bits per heavy atom. The second-order valence-corrected chi connectivity index (χ2v) is 6.33. The van der Waals surface area contributed by atoms with Gasteiger partial charge in [0, 0.05) is 18.7 Å². The lowest BCUT2D eigenvalue weighted by Crippen LogP contribution is -2.42. The number of nitrogens with one attached hydrogen (secondary N) is 1. The largest absolute Gasteiger partial charge is 0.480 e. The summed E-state index contributed by atoms with van der Waals surface area (Å²) in [5, 5.41) is 2.69. The van der Waals surface area contributed by atoms with Gasteiger partial charge >= 0.3 is 6.03 Å². The minimum atomic E-state index is -0.866. The molecule has 2 heterocycles. The van der Waals surface area contributed by atoms with Gasteiger partial charge < -0.3 is 9.64 Å². The fourth-order valence-corrected chi connectivity index (χ4v) is 2.95. The van der Waals surface area contributed by atoms with Gasteiger partial charge in [-0.3, -0.25) is 5.32 Å². The van der Waals surface area contributed by atoms with Crippen molar-refractivity contribution in [2.75, 3.05) is 25.5 Å². The van der Waals surface area contributed by atoms with Crippen molar-refractivity contribution < 1.29 is 18.3 Å². The minimum Gasteiger partial charge on any atom is -0.480 e. The average molecular weight is 374 g/mol. The molecule has 1 aromatic heterocycles. The molecule has 0 bridgehead atoms. The summed E-state index contributed by atoms with van der Waals surface area (Å²) < 4.78 is 32.2. The van der Waals surface area contributed by atoms with E-state index in [1.807, 2.05) is 6.92 Å². The zero-order valence-electron chi connectivity index (χ0n) is 15.1. The van der Waals surface area contributed by atoms with Crippen LogP contribution < -0.4 is 10.1 Å². The molecule has 1 unspecified atom stereocenters. The normalized spacial score (nSPS) is 18.4. The van der Waals surface area contributed by atoms with Crippen molar-refractivity contribution in [2.45, 2.75) is 13.3 Å². The molecule has 1 atom stereocenters. The number of urea groups is 1. The number of carbonyl (C=O) groups is 1. The number of halogens is 2. The van der Waals surface area contributed by atoms with Crippen LogP contribution in [0.4, 0.5) is 19.4 Å². The van der Waals surface area contributed by atoms with Crippen molar-refractivity contribution in [1.82, 2.24) is 14.9 Å². The first-order valence-electron chi connectivity index (χ1n) is 8.54. The molecular formula is C19H20F2N4O2. The summed E-state index contributed by atoms with van der Waals surface area (Å²) >= 11 is 0. The molecule has 27 heavy (non-hydrogen) atoms. The maximum Gasteiger partial charge on any atom is 0.323 e. The first-order valence-corrected chi connectivity index (χ1v) is 8.54. The Morgan fingerprint density at radius 1 is 1.33 bits per heavy atom. The lowest BCUT2D eigenvalue weighted by Gasteiger charge is -2.33. The van der Waals surface area contributed by atoms with E-state index in [2.05, 4.69) is 15.3 Å². The maximum absolute atomic E-state index is 13.9. The number of amides is 2. The fraction of sp³-hybridized carbons (Fsp3) is 0.316. The third-order valence-electron chi connectivity index (χ3n) is 4.48. The highest BCUT2D eigenvalue weighted by atomic mass is 19.2. The van der Waals surface area contributed by atoms with E-state index >= 15 is 0 Å². The minimum absolute atomic E-state index is 0.0223. The van der Waals surface area contributed by atoms with Crippen molar-refractivity contribution >= 4 is 17.9 Å². The smallest absolute Gasteiger partial charge is 0.323 e. The molecule has 0 spiro atoms. The molecule has 1 saturated heterocycles. The molecule has 2 amide bonds. The molecule has 1 fully saturated rings. The van der Waals surface area contributed by atoms with Crippen LogP contribution in [0.25, 0.3) is 6.08 Å². The Balaban J connectivity index is 1.64. The summed E-state index contributed by atoms with van der Waals surface area (Å²) in [5.74, 6) is -1.01. The van der Waals surface area contributed by atoms with E-state index in [0.717, 1.165) is 11.6 Å². The van der Waals surface area contributed by atoms with Crippen LogP contribution in [0, 0.1) is 17.6 Å². The highest BCUT2D eigenvalue weighted by Crippen LogP contribution is 2.26. The van der Waals surface area contributed by atoms with Crippen molar-refractivity contribution in [3.8, 4) is 5.88 Å². The maximum atomic E-state index is 13.9. The quantitative estimate of drug-likeness (QED) is 0.889. The zero-order chi connectivity index (χ0) is 19.4. The number of aromatic nitrogens is 2. The summed E-state index contributed by atoms with van der Waals surface area (Å²) in [4.78, 5) is 22.1. The van der Waals surface area contributed by atoms with Gasteiger partial charge in [-0.15, -0.1) is 0 Å². The Morgan fingerprint density at radius 3 is 2.81 bits per heavy atom. The van der Waals surface area contributed by atoms with E-state index in [-0.39, 0.29) is 17.5 Å². The van der Waals surface area contributed by atoms with Crippen LogP contribution in [0.15, 0.2) is 36.2 Å². The molecular weight excluding hydrogens is 354 g/mol. The summed E-state index contributed by atoms with van der Waals surface area (Å²) in [6, 6.07) is 3.83. The molecule has 0 aliphatic carbocycles. The number of anilines is 1. The van der Waals surface area contributed by atoms with Crippen LogP contribution in [0.5, 0.6) is 5.88 Å². The van der Waals surface area contributed by atoms with Gasteiger partial charge in [0.1, 0.15) is 0 Å². The number of hydrogen-bond donors (Lipinski definition) is 1. The number of nitrogens with zero attached hydrogens (tertiary/aromatic N) is 3. The van der Waals surface area contributed by atoms with Crippen LogP contribution in [0.3, 0.4) is 0 Å². The Hall–Kier alpha value is -3.03. The molecule has 8 heteroatoms. The van der Waals surface area contributed by atoms with Gasteiger partial charge in [0.25, 0.3) is 0 Å². The van der Waals surface area contributed by atoms with E-state index in [1.165, 1.54) is 25.6 Å². The Labute approximate surface area is 155 Å². The van der Waals surface area contributed by atoms with E-state index < -0.39 is 11.6 Å². The van der Waals surface area contributed by atoms with Crippen LogP contribution in [-0.2, 0) is 0 Å². The average Bonchev–Trinajstić information content (AvgIpc) is 2.67. The monoisotopic (exact) mass is 374 g/mol. The molecule has 1 aliphatic rings. The van der Waals surface area contributed by atoms with Crippen LogP contribution in [-0.4, -0.2) is 41.1 Å². The zero-order valence-corrected chi connectivity index (χ0v) is 15.1. The summed E-state index contributed by atoms with van der Waals surface area (Å²) in [5.41, 5.74) is 1.20. The van der Waals surface area contributed by atoms with E-state index in [9.17, 15) is 13.6 Å². The van der Waals surface area contributed by atoms with Crippen molar-refractivity contribution in [3.05, 3.63) is 53.4 Å². The topological polar surface area (TPSA) is 67.3 Å². The molecule has 142 valence electrons. The third kappa shape index (κ3) is 4.39. The molecule has 3 rings (SSSR count). The molecule has 1 aliphatic heterocycles. The molecule has 0 saturated carbocycles. The van der Waals surface area contributed by atoms with Gasteiger partial charge in [0.15, 0.2) is 17.5 Å². The van der Waals surface area contributed by atoms with E-state index in [1.54, 1.807) is 17.0 Å². The summed E-state index contributed by atoms with van der Waals surface area (Å²) in [6.07, 6.45) is 5.09. The first-order chi connectivity index (χ1) is 13.0. The van der Waals surface area contributed by atoms with E-state index in [0.29, 0.717) is 31.2 Å². The second-order valence-electron chi connectivity index (χ2n) is 6.33. The highest BCUT2D eigenvalue weighted by molar-refractivity contribution is 5.88. The molecule has 6 nitrogen and oxygen atoms in total. The number of piperidine rings is 1. The van der Waals surface area contributed by atoms with Gasteiger partial charge in [0.2, 0.25) is 5.88 Å². The molecule has 1 N–H and O–H groups in total. The van der Waals surface area contributed by atoms with Crippen molar-refractivity contribution in [2.24, 2.45) is 5.92 Å². The van der Waals surface area contributed by atoms with E-state index in [4.69, 9.17) is 4.74 Å². The molecule has 0 radical (unpaired) electrons. The van der Waals surface area contributed by atoms with Gasteiger partial charge in [-0.05, 0) is 18.4 Å². The predicted molar refractivity (Wildman–Crippen MR) is 97.3 cm³/mol. The first kappa shape index (κ1) is 18.8.